The van der Waals surface area contributed by atoms with Gasteiger partial charge in [-0.25, -0.2) is 0 Å². The Hall–Kier alpha value is -1.39. The summed E-state index contributed by atoms with van der Waals surface area (Å²) in [6, 6.07) is -0.681. The number of hydrogen-bond acceptors (Lipinski definition) is 3. The average molecular weight is 186 g/mol. The van der Waals surface area contributed by atoms with E-state index in [1.165, 1.54) is 13.8 Å². The number of primary amides is 1. The first-order valence-corrected chi connectivity index (χ1v) is 4.01. The molecule has 0 aliphatic rings. The molecule has 0 saturated carbocycles. The first-order chi connectivity index (χ1) is 5.93. The van der Waals surface area contributed by atoms with Gasteiger partial charge in [-0.05, 0) is 13.8 Å². The number of nitrogens with two attached hydrogens (primary N) is 1. The highest BCUT2D eigenvalue weighted by molar-refractivity contribution is 5.88. The molecule has 5 heteroatoms. The number of carbonyl (C=O) groups is 3. The molecule has 0 fully saturated rings. The Morgan fingerprint density at radius 3 is 2.23 bits per heavy atom. The Labute approximate surface area is 76.7 Å². The Kier molecular flexibility index (Phi) is 4.72. The van der Waals surface area contributed by atoms with E-state index in [2.05, 4.69) is 5.32 Å². The number of hydrogen-bond donors (Lipinski definition) is 2. The second kappa shape index (κ2) is 5.29. The molecule has 0 heterocycles. The fourth-order valence-electron chi connectivity index (χ4n) is 0.674. The number of amides is 2. The van der Waals surface area contributed by atoms with Crippen molar-refractivity contribution in [1.29, 1.82) is 0 Å². The number of nitrogens with one attached hydrogen (secondary N) is 1. The van der Waals surface area contributed by atoms with E-state index in [4.69, 9.17) is 5.73 Å². The van der Waals surface area contributed by atoms with Crippen LogP contribution < -0.4 is 11.1 Å². The van der Waals surface area contributed by atoms with Gasteiger partial charge >= 0.3 is 0 Å². The van der Waals surface area contributed by atoms with Crippen LogP contribution in [-0.2, 0) is 14.4 Å². The van der Waals surface area contributed by atoms with E-state index in [0.29, 0.717) is 0 Å². The molecule has 0 spiro atoms. The van der Waals surface area contributed by atoms with Crippen molar-refractivity contribution in [3.63, 3.8) is 0 Å². The lowest BCUT2D eigenvalue weighted by atomic mass is 10.2. The number of carbonyl (C=O) groups excluding carboxylic acids is 3. The summed E-state index contributed by atoms with van der Waals surface area (Å²) in [6.45, 7) is 2.90. The zero-order valence-electron chi connectivity index (χ0n) is 7.79. The van der Waals surface area contributed by atoms with Gasteiger partial charge in [0.05, 0.1) is 0 Å². The van der Waals surface area contributed by atoms with Crippen molar-refractivity contribution in [3.8, 4) is 0 Å². The van der Waals surface area contributed by atoms with Gasteiger partial charge in [0.15, 0.2) is 0 Å². The Bertz CT molecular complexity index is 225. The minimum atomic E-state index is -0.681. The van der Waals surface area contributed by atoms with Gasteiger partial charge in [0, 0.05) is 12.8 Å². The van der Waals surface area contributed by atoms with E-state index in [0.717, 1.165) is 0 Å². The maximum Gasteiger partial charge on any atom is 0.239 e. The van der Waals surface area contributed by atoms with Crippen LogP contribution in [0.1, 0.15) is 26.7 Å². The SMILES string of the molecule is CC(=O)CCC(=O)NC(C)C(N)=O. The molecular weight excluding hydrogens is 172 g/mol. The first kappa shape index (κ1) is 11.6. The van der Waals surface area contributed by atoms with Crippen molar-refractivity contribution in [2.24, 2.45) is 5.73 Å². The van der Waals surface area contributed by atoms with Gasteiger partial charge in [-0.3, -0.25) is 9.59 Å². The predicted molar refractivity (Wildman–Crippen MR) is 46.7 cm³/mol. The summed E-state index contributed by atoms with van der Waals surface area (Å²) in [5.74, 6) is -0.973. The smallest absolute Gasteiger partial charge is 0.239 e. The highest BCUT2D eigenvalue weighted by atomic mass is 16.2. The van der Waals surface area contributed by atoms with Crippen LogP contribution in [0.4, 0.5) is 0 Å². The fourth-order valence-corrected chi connectivity index (χ4v) is 0.674. The van der Waals surface area contributed by atoms with Gasteiger partial charge in [-0.1, -0.05) is 0 Å². The van der Waals surface area contributed by atoms with E-state index >= 15 is 0 Å². The maximum atomic E-state index is 11.0. The topological polar surface area (TPSA) is 89.3 Å². The third-order valence-corrected chi connectivity index (χ3v) is 1.51. The molecule has 0 radical (unpaired) electrons. The molecule has 0 aromatic carbocycles. The molecule has 0 aliphatic carbocycles. The highest BCUT2D eigenvalue weighted by Crippen LogP contribution is 1.91. The Morgan fingerprint density at radius 2 is 1.85 bits per heavy atom. The lowest BCUT2D eigenvalue weighted by Gasteiger charge is -2.08. The third-order valence-electron chi connectivity index (χ3n) is 1.51. The van der Waals surface area contributed by atoms with E-state index in [1.807, 2.05) is 0 Å². The summed E-state index contributed by atoms with van der Waals surface area (Å²) in [5, 5.41) is 2.37. The standard InChI is InChI=1S/C8H14N2O3/c1-5(11)3-4-7(12)10-6(2)8(9)13/h6H,3-4H2,1-2H3,(H2,9,13)(H,10,12). The molecule has 13 heavy (non-hydrogen) atoms. The zero-order valence-corrected chi connectivity index (χ0v) is 7.79. The molecule has 0 saturated heterocycles. The number of Topliss-reactive ketones (excluding diaryl/α,β-unsaturated/α-hetero) is 1. The van der Waals surface area contributed by atoms with Crippen molar-refractivity contribution in [2.45, 2.75) is 32.7 Å². The van der Waals surface area contributed by atoms with Gasteiger partial charge in [-0.15, -0.1) is 0 Å². The molecule has 3 N–H and O–H groups in total. The van der Waals surface area contributed by atoms with Crippen molar-refractivity contribution in [1.82, 2.24) is 5.32 Å². The van der Waals surface area contributed by atoms with Crippen molar-refractivity contribution in [3.05, 3.63) is 0 Å². The molecule has 0 rings (SSSR count). The number of ketones is 1. The van der Waals surface area contributed by atoms with E-state index < -0.39 is 11.9 Å². The van der Waals surface area contributed by atoms with Gasteiger partial charge in [-0.2, -0.15) is 0 Å². The predicted octanol–water partition coefficient (Wildman–Crippen LogP) is -0.654. The molecule has 2 amide bonds. The largest absolute Gasteiger partial charge is 0.368 e. The lowest BCUT2D eigenvalue weighted by Crippen LogP contribution is -2.42. The fraction of sp³-hybridized carbons (Fsp3) is 0.625. The van der Waals surface area contributed by atoms with Crippen LogP contribution in [0.2, 0.25) is 0 Å². The van der Waals surface area contributed by atoms with Gasteiger partial charge in [0.2, 0.25) is 11.8 Å². The van der Waals surface area contributed by atoms with Crippen LogP contribution in [0, 0.1) is 0 Å². The quantitative estimate of drug-likeness (QED) is 0.597. The van der Waals surface area contributed by atoms with Crippen LogP contribution in [0.15, 0.2) is 0 Å². The molecule has 1 atom stereocenters. The maximum absolute atomic E-state index is 11.0. The van der Waals surface area contributed by atoms with Crippen LogP contribution in [0.5, 0.6) is 0 Å². The summed E-state index contributed by atoms with van der Waals surface area (Å²) in [5.41, 5.74) is 4.92. The lowest BCUT2D eigenvalue weighted by molar-refractivity contribution is -0.128. The van der Waals surface area contributed by atoms with Gasteiger partial charge < -0.3 is 15.8 Å². The molecule has 0 aliphatic heterocycles. The van der Waals surface area contributed by atoms with Crippen molar-refractivity contribution in [2.75, 3.05) is 0 Å². The Morgan fingerprint density at radius 1 is 1.31 bits per heavy atom. The highest BCUT2D eigenvalue weighted by Gasteiger charge is 2.11. The van der Waals surface area contributed by atoms with E-state index in [9.17, 15) is 14.4 Å². The molecular formula is C8H14N2O3. The van der Waals surface area contributed by atoms with Crippen LogP contribution in [0.25, 0.3) is 0 Å². The average Bonchev–Trinajstić information content (AvgIpc) is 2.00. The summed E-state index contributed by atoms with van der Waals surface area (Å²) in [6.07, 6.45) is 0.296. The summed E-state index contributed by atoms with van der Waals surface area (Å²) in [4.78, 5) is 32.0. The number of rotatable bonds is 5. The van der Waals surface area contributed by atoms with Crippen molar-refractivity contribution >= 4 is 17.6 Å². The molecule has 0 bridgehead atoms. The van der Waals surface area contributed by atoms with Gasteiger partial charge in [0.25, 0.3) is 0 Å². The molecule has 74 valence electrons. The molecule has 0 aromatic rings. The zero-order chi connectivity index (χ0) is 10.4. The molecule has 0 aromatic heterocycles. The third kappa shape index (κ3) is 5.84. The monoisotopic (exact) mass is 186 g/mol. The second-order valence-corrected chi connectivity index (χ2v) is 2.89. The normalized spacial score (nSPS) is 11.8. The molecule has 5 nitrogen and oxygen atoms in total. The van der Waals surface area contributed by atoms with E-state index in [1.54, 1.807) is 0 Å². The minimum Gasteiger partial charge on any atom is -0.368 e. The van der Waals surface area contributed by atoms with Gasteiger partial charge in [0.1, 0.15) is 11.8 Å². The first-order valence-electron chi connectivity index (χ1n) is 4.01. The molecule has 1 unspecified atom stereocenters. The second-order valence-electron chi connectivity index (χ2n) is 2.89. The summed E-state index contributed by atoms with van der Waals surface area (Å²) < 4.78 is 0. The Balaban J connectivity index is 3.74. The summed E-state index contributed by atoms with van der Waals surface area (Å²) in [7, 11) is 0. The summed E-state index contributed by atoms with van der Waals surface area (Å²) >= 11 is 0. The van der Waals surface area contributed by atoms with E-state index in [-0.39, 0.29) is 24.5 Å². The van der Waals surface area contributed by atoms with Crippen LogP contribution in [0.3, 0.4) is 0 Å². The van der Waals surface area contributed by atoms with Crippen LogP contribution >= 0.6 is 0 Å². The van der Waals surface area contributed by atoms with Crippen LogP contribution in [-0.4, -0.2) is 23.6 Å². The van der Waals surface area contributed by atoms with Crippen molar-refractivity contribution < 1.29 is 14.4 Å². The minimum absolute atomic E-state index is 0.0538.